The number of ether oxygens (including phenoxy) is 1. The van der Waals surface area contributed by atoms with Gasteiger partial charge in [0.25, 0.3) is 0 Å². The van der Waals surface area contributed by atoms with Gasteiger partial charge in [0.05, 0.1) is 6.10 Å². The Kier molecular flexibility index (Phi) is 2.96. The Morgan fingerprint density at radius 1 is 1.69 bits per heavy atom. The average Bonchev–Trinajstić information content (AvgIpc) is 2.81. The molecule has 2 atom stereocenters. The highest BCUT2D eigenvalue weighted by molar-refractivity contribution is 5.84. The van der Waals surface area contributed by atoms with Gasteiger partial charge in [-0.15, -0.1) is 0 Å². The highest BCUT2D eigenvalue weighted by atomic mass is 16.5. The maximum atomic E-state index is 12.1. The Morgan fingerprint density at radius 3 is 3.06 bits per heavy atom. The second kappa shape index (κ2) is 4.25. The number of carbonyl (C=O) groups is 1. The Morgan fingerprint density at radius 2 is 2.50 bits per heavy atom. The van der Waals surface area contributed by atoms with Crippen molar-refractivity contribution in [2.75, 3.05) is 13.7 Å². The molecule has 1 fully saturated rings. The summed E-state index contributed by atoms with van der Waals surface area (Å²) in [6, 6.07) is 1.84. The lowest BCUT2D eigenvalue weighted by Crippen LogP contribution is -2.53. The first-order chi connectivity index (χ1) is 7.69. The number of rotatable bonds is 2. The van der Waals surface area contributed by atoms with Crippen molar-refractivity contribution in [3.63, 3.8) is 0 Å². The van der Waals surface area contributed by atoms with Crippen molar-refractivity contribution in [3.05, 3.63) is 18.5 Å². The van der Waals surface area contributed by atoms with Gasteiger partial charge in [0.2, 0.25) is 5.91 Å². The molecule has 1 amide bonds. The molecule has 2 heterocycles. The summed E-state index contributed by atoms with van der Waals surface area (Å²) < 4.78 is 7.26. The van der Waals surface area contributed by atoms with E-state index in [0.29, 0.717) is 19.4 Å². The van der Waals surface area contributed by atoms with Crippen molar-refractivity contribution in [1.29, 1.82) is 0 Å². The molecule has 0 aliphatic carbocycles. The fourth-order valence-corrected chi connectivity index (χ4v) is 2.34. The van der Waals surface area contributed by atoms with Crippen LogP contribution in [0.25, 0.3) is 0 Å². The average molecular weight is 223 g/mol. The molecule has 0 spiro atoms. The van der Waals surface area contributed by atoms with Gasteiger partial charge in [-0.3, -0.25) is 9.48 Å². The van der Waals surface area contributed by atoms with E-state index in [1.165, 1.54) is 0 Å². The molecule has 1 aromatic heterocycles. The lowest BCUT2D eigenvalue weighted by Gasteiger charge is -2.38. The first-order valence-electron chi connectivity index (χ1n) is 5.53. The first-order valence-corrected chi connectivity index (χ1v) is 5.53. The lowest BCUT2D eigenvalue weighted by atomic mass is 9.86. The summed E-state index contributed by atoms with van der Waals surface area (Å²) >= 11 is 0. The van der Waals surface area contributed by atoms with Crippen LogP contribution in [0.5, 0.6) is 0 Å². The Bertz CT molecular complexity index is 363. The van der Waals surface area contributed by atoms with E-state index in [9.17, 15) is 4.79 Å². The quantitative estimate of drug-likeness (QED) is 0.795. The summed E-state index contributed by atoms with van der Waals surface area (Å²) in [5, 5.41) is 6.94. The van der Waals surface area contributed by atoms with Gasteiger partial charge in [0.15, 0.2) is 0 Å². The highest BCUT2D eigenvalue weighted by Gasteiger charge is 2.44. The number of carbonyl (C=O) groups excluding carboxylic acids is 1. The van der Waals surface area contributed by atoms with Crippen LogP contribution in [0.3, 0.4) is 0 Å². The SMILES string of the molecule is CNC(=O)C1(n2cccn2)CCOC(C)C1. The monoisotopic (exact) mass is 223 g/mol. The Hall–Kier alpha value is -1.36. The van der Waals surface area contributed by atoms with Gasteiger partial charge in [0.1, 0.15) is 5.54 Å². The standard InChI is InChI=1S/C11H17N3O2/c1-9-8-11(4-7-16-9,10(15)12-2)14-6-3-5-13-14/h3,5-6,9H,4,7-8H2,1-2H3,(H,12,15). The first kappa shape index (κ1) is 11.1. The van der Waals surface area contributed by atoms with Crippen LogP contribution in [-0.2, 0) is 15.1 Å². The van der Waals surface area contributed by atoms with Crippen LogP contribution in [0.4, 0.5) is 0 Å². The van der Waals surface area contributed by atoms with Crippen molar-refractivity contribution >= 4 is 5.91 Å². The van der Waals surface area contributed by atoms with Crippen LogP contribution in [0.1, 0.15) is 19.8 Å². The van der Waals surface area contributed by atoms with E-state index in [0.717, 1.165) is 0 Å². The zero-order valence-corrected chi connectivity index (χ0v) is 9.64. The maximum absolute atomic E-state index is 12.1. The van der Waals surface area contributed by atoms with Crippen molar-refractivity contribution in [2.45, 2.75) is 31.4 Å². The van der Waals surface area contributed by atoms with Crippen molar-refractivity contribution in [1.82, 2.24) is 15.1 Å². The fourth-order valence-electron chi connectivity index (χ4n) is 2.34. The number of hydrogen-bond donors (Lipinski definition) is 1. The number of nitrogens with one attached hydrogen (secondary N) is 1. The summed E-state index contributed by atoms with van der Waals surface area (Å²) in [7, 11) is 1.66. The molecule has 2 unspecified atom stereocenters. The molecule has 1 N–H and O–H groups in total. The molecule has 16 heavy (non-hydrogen) atoms. The number of likely N-dealkylation sites (N-methyl/N-ethyl adjacent to an activating group) is 1. The Balaban J connectivity index is 2.36. The summed E-state index contributed by atoms with van der Waals surface area (Å²) in [6.07, 6.45) is 4.95. The molecule has 1 aromatic rings. The summed E-state index contributed by atoms with van der Waals surface area (Å²) in [4.78, 5) is 12.1. The molecule has 0 radical (unpaired) electrons. The van der Waals surface area contributed by atoms with E-state index < -0.39 is 5.54 Å². The minimum Gasteiger partial charge on any atom is -0.378 e. The van der Waals surface area contributed by atoms with Gasteiger partial charge in [-0.25, -0.2) is 0 Å². The van der Waals surface area contributed by atoms with Crippen molar-refractivity contribution in [3.8, 4) is 0 Å². The molecule has 0 saturated carbocycles. The molecule has 88 valence electrons. The normalized spacial score (nSPS) is 30.0. The highest BCUT2D eigenvalue weighted by Crippen LogP contribution is 2.31. The molecule has 2 rings (SSSR count). The molecule has 5 nitrogen and oxygen atoms in total. The van der Waals surface area contributed by atoms with Gasteiger partial charge >= 0.3 is 0 Å². The second-order valence-electron chi connectivity index (χ2n) is 4.20. The van der Waals surface area contributed by atoms with Crippen LogP contribution in [0.2, 0.25) is 0 Å². The number of aromatic nitrogens is 2. The van der Waals surface area contributed by atoms with E-state index >= 15 is 0 Å². The second-order valence-corrected chi connectivity index (χ2v) is 4.20. The van der Waals surface area contributed by atoms with E-state index in [1.807, 2.05) is 19.2 Å². The van der Waals surface area contributed by atoms with E-state index in [1.54, 1.807) is 17.9 Å². The predicted octanol–water partition coefficient (Wildman–Crippen LogP) is 0.523. The number of nitrogens with zero attached hydrogens (tertiary/aromatic N) is 2. The maximum Gasteiger partial charge on any atom is 0.247 e. The third-order valence-corrected chi connectivity index (χ3v) is 3.14. The van der Waals surface area contributed by atoms with Crippen LogP contribution < -0.4 is 5.32 Å². The van der Waals surface area contributed by atoms with E-state index in [4.69, 9.17) is 4.74 Å². The minimum absolute atomic E-state index is 0.00588. The topological polar surface area (TPSA) is 56.2 Å². The van der Waals surface area contributed by atoms with Gasteiger partial charge in [-0.2, -0.15) is 5.10 Å². The van der Waals surface area contributed by atoms with Crippen molar-refractivity contribution in [2.24, 2.45) is 0 Å². The summed E-state index contributed by atoms with van der Waals surface area (Å²) in [5.74, 6) is 0.00588. The minimum atomic E-state index is -0.587. The lowest BCUT2D eigenvalue weighted by molar-refractivity contribution is -0.138. The van der Waals surface area contributed by atoms with Gasteiger partial charge < -0.3 is 10.1 Å². The van der Waals surface area contributed by atoms with Crippen LogP contribution in [0, 0.1) is 0 Å². The Labute approximate surface area is 94.8 Å². The number of hydrogen-bond acceptors (Lipinski definition) is 3. The van der Waals surface area contributed by atoms with Gasteiger partial charge in [-0.1, -0.05) is 0 Å². The molecule has 1 aliphatic rings. The van der Waals surface area contributed by atoms with Crippen LogP contribution >= 0.6 is 0 Å². The van der Waals surface area contributed by atoms with Gasteiger partial charge in [0, 0.05) is 38.9 Å². The summed E-state index contributed by atoms with van der Waals surface area (Å²) in [6.45, 7) is 2.58. The molecule has 0 aromatic carbocycles. The largest absolute Gasteiger partial charge is 0.378 e. The zero-order chi connectivity index (χ0) is 11.6. The number of amides is 1. The van der Waals surface area contributed by atoms with Crippen LogP contribution in [0.15, 0.2) is 18.5 Å². The molecular formula is C11H17N3O2. The fraction of sp³-hybridized carbons (Fsp3) is 0.636. The molecule has 5 heteroatoms. The van der Waals surface area contributed by atoms with Crippen molar-refractivity contribution < 1.29 is 9.53 Å². The molecular weight excluding hydrogens is 206 g/mol. The molecule has 0 bridgehead atoms. The smallest absolute Gasteiger partial charge is 0.247 e. The van der Waals surface area contributed by atoms with Crippen LogP contribution in [-0.4, -0.2) is 35.4 Å². The van der Waals surface area contributed by atoms with Gasteiger partial charge in [-0.05, 0) is 13.0 Å². The van der Waals surface area contributed by atoms with E-state index in [2.05, 4.69) is 10.4 Å². The molecule has 1 aliphatic heterocycles. The predicted molar refractivity (Wildman–Crippen MR) is 58.9 cm³/mol. The van der Waals surface area contributed by atoms with E-state index in [-0.39, 0.29) is 12.0 Å². The zero-order valence-electron chi connectivity index (χ0n) is 9.64. The third-order valence-electron chi connectivity index (χ3n) is 3.14. The summed E-state index contributed by atoms with van der Waals surface area (Å²) in [5.41, 5.74) is -0.587. The molecule has 1 saturated heterocycles. The third kappa shape index (κ3) is 1.71.